The second kappa shape index (κ2) is 3.35. The highest BCUT2D eigenvalue weighted by Gasteiger charge is 2.21. The molecule has 2 aromatic rings. The van der Waals surface area contributed by atoms with E-state index in [0.29, 0.717) is 6.54 Å². The van der Waals surface area contributed by atoms with E-state index in [1.165, 1.54) is 0 Å². The van der Waals surface area contributed by atoms with Crippen molar-refractivity contribution in [1.29, 1.82) is 0 Å². The highest BCUT2D eigenvalue weighted by Crippen LogP contribution is 2.24. The van der Waals surface area contributed by atoms with Crippen LogP contribution in [-0.2, 0) is 12.0 Å². The molecule has 0 spiro atoms. The molecule has 80 valence electrons. The third-order valence-corrected chi connectivity index (χ3v) is 2.49. The van der Waals surface area contributed by atoms with Crippen LogP contribution in [0.4, 0.5) is 0 Å². The number of hydrogen-bond acceptors (Lipinski definition) is 2. The number of aromatic nitrogens is 2. The van der Waals surface area contributed by atoms with Crippen LogP contribution in [0.1, 0.15) is 32.3 Å². The van der Waals surface area contributed by atoms with Crippen molar-refractivity contribution >= 4 is 5.52 Å². The van der Waals surface area contributed by atoms with Crippen molar-refractivity contribution in [3.8, 4) is 0 Å². The Kier molecular flexibility index (Phi) is 2.27. The molecule has 3 nitrogen and oxygen atoms in total. The lowest BCUT2D eigenvalue weighted by atomic mass is 9.96. The summed E-state index contributed by atoms with van der Waals surface area (Å²) in [4.78, 5) is 4.62. The summed E-state index contributed by atoms with van der Waals surface area (Å²) in [5, 5.41) is 0. The average Bonchev–Trinajstić information content (AvgIpc) is 2.55. The van der Waals surface area contributed by atoms with E-state index in [9.17, 15) is 0 Å². The quantitative estimate of drug-likeness (QED) is 0.771. The Labute approximate surface area is 89.9 Å². The van der Waals surface area contributed by atoms with Crippen LogP contribution in [0.15, 0.2) is 24.4 Å². The minimum absolute atomic E-state index is 0.0394. The highest BCUT2D eigenvalue weighted by atomic mass is 15.0. The Morgan fingerprint density at radius 3 is 2.67 bits per heavy atom. The van der Waals surface area contributed by atoms with Gasteiger partial charge < -0.3 is 10.1 Å². The van der Waals surface area contributed by atoms with Crippen LogP contribution in [0.2, 0.25) is 0 Å². The zero-order valence-corrected chi connectivity index (χ0v) is 9.49. The van der Waals surface area contributed by atoms with Crippen LogP contribution in [0.5, 0.6) is 0 Å². The molecule has 0 atom stereocenters. The molecule has 0 bridgehead atoms. The fourth-order valence-corrected chi connectivity index (χ4v) is 1.78. The van der Waals surface area contributed by atoms with E-state index in [0.717, 1.165) is 17.0 Å². The van der Waals surface area contributed by atoms with Crippen molar-refractivity contribution < 1.29 is 0 Å². The summed E-state index contributed by atoms with van der Waals surface area (Å²) in [7, 11) is 0. The summed E-state index contributed by atoms with van der Waals surface area (Å²) in [5.74, 6) is 1.07. The van der Waals surface area contributed by atoms with Crippen molar-refractivity contribution in [2.75, 3.05) is 0 Å². The molecule has 0 unspecified atom stereocenters. The number of nitrogens with two attached hydrogens (primary N) is 1. The lowest BCUT2D eigenvalue weighted by molar-refractivity contribution is 0.541. The number of pyridine rings is 1. The van der Waals surface area contributed by atoms with Gasteiger partial charge in [-0.2, -0.15) is 0 Å². The molecule has 0 saturated carbocycles. The van der Waals surface area contributed by atoms with E-state index in [1.807, 2.05) is 18.3 Å². The maximum atomic E-state index is 5.70. The predicted octanol–water partition coefficient (Wildman–Crippen LogP) is 2.09. The second-order valence-electron chi connectivity index (χ2n) is 4.79. The molecule has 0 aromatic carbocycles. The molecule has 0 saturated heterocycles. The normalized spacial score (nSPS) is 12.3. The van der Waals surface area contributed by atoms with Gasteiger partial charge in [0, 0.05) is 18.2 Å². The Morgan fingerprint density at radius 1 is 1.33 bits per heavy atom. The number of hydrogen-bond donors (Lipinski definition) is 1. The Hall–Kier alpha value is -1.35. The van der Waals surface area contributed by atoms with Crippen molar-refractivity contribution in [2.24, 2.45) is 5.73 Å². The highest BCUT2D eigenvalue weighted by molar-refractivity contribution is 5.53. The fourth-order valence-electron chi connectivity index (χ4n) is 1.78. The smallest absolute Gasteiger partial charge is 0.119 e. The molecule has 0 aliphatic carbocycles. The standard InChI is InChI=1S/C12H17N3/c1-12(2,3)11-14-9(8-13)10-6-4-5-7-15(10)11/h4-7H,8,13H2,1-3H3. The Morgan fingerprint density at radius 2 is 2.07 bits per heavy atom. The largest absolute Gasteiger partial charge is 0.325 e. The summed E-state index contributed by atoms with van der Waals surface area (Å²) in [5.41, 5.74) is 7.82. The fraction of sp³-hybridized carbons (Fsp3) is 0.417. The van der Waals surface area contributed by atoms with Crippen molar-refractivity contribution in [2.45, 2.75) is 32.7 Å². The van der Waals surface area contributed by atoms with Gasteiger partial charge in [-0.3, -0.25) is 0 Å². The number of rotatable bonds is 1. The summed E-state index contributed by atoms with van der Waals surface area (Å²) in [6.07, 6.45) is 2.04. The summed E-state index contributed by atoms with van der Waals surface area (Å²) in [6.45, 7) is 6.98. The molecule has 2 N–H and O–H groups in total. The van der Waals surface area contributed by atoms with Crippen molar-refractivity contribution in [1.82, 2.24) is 9.38 Å². The zero-order chi connectivity index (χ0) is 11.1. The Balaban J connectivity index is 2.76. The summed E-state index contributed by atoms with van der Waals surface area (Å²) in [6, 6.07) is 6.09. The minimum Gasteiger partial charge on any atom is -0.325 e. The molecule has 0 fully saturated rings. The molecule has 0 amide bonds. The maximum absolute atomic E-state index is 5.70. The van der Waals surface area contributed by atoms with Gasteiger partial charge in [0.1, 0.15) is 5.82 Å². The average molecular weight is 203 g/mol. The monoisotopic (exact) mass is 203 g/mol. The van der Waals surface area contributed by atoms with Gasteiger partial charge in [-0.05, 0) is 12.1 Å². The molecule has 2 aromatic heterocycles. The van der Waals surface area contributed by atoms with Crippen LogP contribution in [0.3, 0.4) is 0 Å². The minimum atomic E-state index is 0.0394. The molecule has 0 aliphatic rings. The number of fused-ring (bicyclic) bond motifs is 1. The third kappa shape index (κ3) is 1.63. The predicted molar refractivity (Wildman–Crippen MR) is 61.8 cm³/mol. The molecule has 15 heavy (non-hydrogen) atoms. The van der Waals surface area contributed by atoms with Gasteiger partial charge in [-0.1, -0.05) is 26.8 Å². The van der Waals surface area contributed by atoms with Crippen LogP contribution in [0.25, 0.3) is 5.52 Å². The van der Waals surface area contributed by atoms with Gasteiger partial charge in [-0.15, -0.1) is 0 Å². The molecule has 2 heterocycles. The van der Waals surface area contributed by atoms with Gasteiger partial charge in [0.25, 0.3) is 0 Å². The first-order valence-corrected chi connectivity index (χ1v) is 5.20. The lowest BCUT2D eigenvalue weighted by Crippen LogP contribution is -2.15. The molecule has 0 radical (unpaired) electrons. The van der Waals surface area contributed by atoms with Gasteiger partial charge in [0.2, 0.25) is 0 Å². The summed E-state index contributed by atoms with van der Waals surface area (Å²) >= 11 is 0. The topological polar surface area (TPSA) is 43.3 Å². The van der Waals surface area contributed by atoms with Crippen LogP contribution >= 0.6 is 0 Å². The van der Waals surface area contributed by atoms with Gasteiger partial charge in [0.05, 0.1) is 11.2 Å². The van der Waals surface area contributed by atoms with Gasteiger partial charge >= 0.3 is 0 Å². The van der Waals surface area contributed by atoms with Crippen LogP contribution < -0.4 is 5.73 Å². The third-order valence-electron chi connectivity index (χ3n) is 2.49. The van der Waals surface area contributed by atoms with Crippen molar-refractivity contribution in [3.05, 3.63) is 35.9 Å². The lowest BCUT2D eigenvalue weighted by Gasteiger charge is -2.16. The molecule has 3 heteroatoms. The first-order chi connectivity index (χ1) is 7.04. The second-order valence-corrected chi connectivity index (χ2v) is 4.79. The van der Waals surface area contributed by atoms with E-state index in [-0.39, 0.29) is 5.41 Å². The summed E-state index contributed by atoms with van der Waals surface area (Å²) < 4.78 is 2.13. The molecule has 0 aliphatic heterocycles. The van der Waals surface area contributed by atoms with E-state index >= 15 is 0 Å². The SMILES string of the molecule is CC(C)(C)c1nc(CN)c2ccccn12. The molecular formula is C12H17N3. The number of imidazole rings is 1. The van der Waals surface area contributed by atoms with Gasteiger partial charge in [-0.25, -0.2) is 4.98 Å². The van der Waals surface area contributed by atoms with E-state index < -0.39 is 0 Å². The van der Waals surface area contributed by atoms with Crippen LogP contribution in [-0.4, -0.2) is 9.38 Å². The first-order valence-electron chi connectivity index (χ1n) is 5.20. The van der Waals surface area contributed by atoms with E-state index in [4.69, 9.17) is 5.73 Å². The number of nitrogens with zero attached hydrogens (tertiary/aromatic N) is 2. The van der Waals surface area contributed by atoms with Crippen LogP contribution in [0, 0.1) is 0 Å². The van der Waals surface area contributed by atoms with E-state index in [2.05, 4.69) is 36.2 Å². The Bertz CT molecular complexity index is 477. The maximum Gasteiger partial charge on any atom is 0.119 e. The van der Waals surface area contributed by atoms with E-state index in [1.54, 1.807) is 0 Å². The van der Waals surface area contributed by atoms with Crippen molar-refractivity contribution in [3.63, 3.8) is 0 Å². The van der Waals surface area contributed by atoms with Gasteiger partial charge in [0.15, 0.2) is 0 Å². The molecule has 2 rings (SSSR count). The zero-order valence-electron chi connectivity index (χ0n) is 9.49. The molecular weight excluding hydrogens is 186 g/mol. The first kappa shape index (κ1) is 10.2.